The number of hydrogen-bond donors (Lipinski definition) is 0. The molecule has 0 saturated carbocycles. The fourth-order valence-electron chi connectivity index (χ4n) is 3.03. The van der Waals surface area contributed by atoms with Crippen LogP contribution < -0.4 is 4.74 Å². The summed E-state index contributed by atoms with van der Waals surface area (Å²) in [5.41, 5.74) is 0.822. The van der Waals surface area contributed by atoms with Gasteiger partial charge in [-0.15, -0.1) is 10.2 Å². The molecule has 8 heteroatoms. The Balaban J connectivity index is 1.47. The van der Waals surface area contributed by atoms with Crippen LogP contribution in [0.2, 0.25) is 0 Å². The standard InChI is InChI=1S/C19H26N4O3S/c1-14(2)12-22-8-10-23(11-9-22)17(24)13-27-19-21-20-18(26-19)15-4-6-16(25-3)7-5-15/h4-7,14H,8-13H2,1-3H3. The number of aromatic nitrogens is 2. The van der Waals surface area contributed by atoms with E-state index >= 15 is 0 Å². The van der Waals surface area contributed by atoms with E-state index < -0.39 is 0 Å². The van der Waals surface area contributed by atoms with Crippen LogP contribution in [-0.2, 0) is 4.79 Å². The molecule has 0 aliphatic carbocycles. The predicted molar refractivity (Wildman–Crippen MR) is 105 cm³/mol. The van der Waals surface area contributed by atoms with Gasteiger partial charge in [-0.1, -0.05) is 25.6 Å². The van der Waals surface area contributed by atoms with Gasteiger partial charge in [-0.3, -0.25) is 9.69 Å². The van der Waals surface area contributed by atoms with Crippen LogP contribution in [0, 0.1) is 5.92 Å². The fraction of sp³-hybridized carbons (Fsp3) is 0.526. The van der Waals surface area contributed by atoms with Crippen molar-refractivity contribution >= 4 is 17.7 Å². The Bertz CT molecular complexity index is 740. The number of carbonyl (C=O) groups is 1. The average Bonchev–Trinajstić information content (AvgIpc) is 3.15. The molecule has 7 nitrogen and oxygen atoms in total. The molecular formula is C19H26N4O3S. The third kappa shape index (κ3) is 5.46. The van der Waals surface area contributed by atoms with E-state index in [1.165, 1.54) is 11.8 Å². The molecule has 0 spiro atoms. The van der Waals surface area contributed by atoms with Gasteiger partial charge < -0.3 is 14.1 Å². The zero-order valence-electron chi connectivity index (χ0n) is 16.1. The third-order valence-corrected chi connectivity index (χ3v) is 5.21. The average molecular weight is 391 g/mol. The highest BCUT2D eigenvalue weighted by Gasteiger charge is 2.22. The van der Waals surface area contributed by atoms with Crippen molar-refractivity contribution < 1.29 is 13.9 Å². The monoisotopic (exact) mass is 390 g/mol. The van der Waals surface area contributed by atoms with E-state index in [4.69, 9.17) is 9.15 Å². The molecule has 2 heterocycles. The van der Waals surface area contributed by atoms with Crippen LogP contribution in [0.4, 0.5) is 0 Å². The summed E-state index contributed by atoms with van der Waals surface area (Å²) in [5, 5.41) is 8.50. The molecule has 1 aliphatic heterocycles. The zero-order valence-corrected chi connectivity index (χ0v) is 16.9. The van der Waals surface area contributed by atoms with Crippen molar-refractivity contribution in [2.75, 3.05) is 45.6 Å². The minimum atomic E-state index is 0.119. The number of nitrogens with zero attached hydrogens (tertiary/aromatic N) is 4. The Labute approximate surface area is 164 Å². The van der Waals surface area contributed by atoms with Gasteiger partial charge in [0, 0.05) is 38.3 Å². The second kappa shape index (κ2) is 9.23. The van der Waals surface area contributed by atoms with Crippen LogP contribution >= 0.6 is 11.8 Å². The minimum Gasteiger partial charge on any atom is -0.497 e. The lowest BCUT2D eigenvalue weighted by molar-refractivity contribution is -0.130. The second-order valence-electron chi connectivity index (χ2n) is 6.97. The first-order valence-electron chi connectivity index (χ1n) is 9.16. The number of benzene rings is 1. The van der Waals surface area contributed by atoms with Gasteiger partial charge in [0.05, 0.1) is 12.9 Å². The maximum Gasteiger partial charge on any atom is 0.277 e. The predicted octanol–water partition coefficient (Wildman–Crippen LogP) is 2.64. The summed E-state index contributed by atoms with van der Waals surface area (Å²) in [6.07, 6.45) is 0. The van der Waals surface area contributed by atoms with E-state index in [2.05, 4.69) is 28.9 Å². The number of piperazine rings is 1. The molecule has 1 aromatic heterocycles. The fourth-order valence-corrected chi connectivity index (χ4v) is 3.70. The summed E-state index contributed by atoms with van der Waals surface area (Å²) in [4.78, 5) is 16.8. The van der Waals surface area contributed by atoms with Crippen molar-refractivity contribution in [1.82, 2.24) is 20.0 Å². The molecule has 0 radical (unpaired) electrons. The third-order valence-electron chi connectivity index (χ3n) is 4.41. The molecule has 0 bridgehead atoms. The molecule has 1 saturated heterocycles. The quantitative estimate of drug-likeness (QED) is 0.673. The topological polar surface area (TPSA) is 71.7 Å². The van der Waals surface area contributed by atoms with Crippen molar-refractivity contribution in [2.45, 2.75) is 19.1 Å². The Kier molecular flexibility index (Phi) is 6.73. The molecule has 1 fully saturated rings. The normalized spacial score (nSPS) is 15.3. The molecule has 2 aromatic rings. The van der Waals surface area contributed by atoms with Crippen LogP contribution in [-0.4, -0.2) is 71.5 Å². The summed E-state index contributed by atoms with van der Waals surface area (Å²) in [6, 6.07) is 7.41. The molecule has 27 heavy (non-hydrogen) atoms. The van der Waals surface area contributed by atoms with Crippen molar-refractivity contribution in [3.8, 4) is 17.2 Å². The molecule has 1 aliphatic rings. The highest BCUT2D eigenvalue weighted by atomic mass is 32.2. The summed E-state index contributed by atoms with van der Waals surface area (Å²) >= 11 is 1.29. The van der Waals surface area contributed by atoms with Crippen LogP contribution in [0.1, 0.15) is 13.8 Å². The number of methoxy groups -OCH3 is 1. The SMILES string of the molecule is COc1ccc(-c2nnc(SCC(=O)N3CCN(CC(C)C)CC3)o2)cc1. The first-order chi connectivity index (χ1) is 13.0. The maximum atomic E-state index is 12.4. The Morgan fingerprint density at radius 3 is 2.52 bits per heavy atom. The first-order valence-corrected chi connectivity index (χ1v) is 10.1. The van der Waals surface area contributed by atoms with E-state index in [1.54, 1.807) is 7.11 Å². The number of hydrogen-bond acceptors (Lipinski definition) is 7. The van der Waals surface area contributed by atoms with Crippen molar-refractivity contribution in [2.24, 2.45) is 5.92 Å². The molecule has 0 atom stereocenters. The maximum absolute atomic E-state index is 12.4. The molecule has 3 rings (SSSR count). The summed E-state index contributed by atoms with van der Waals surface area (Å²) in [5.74, 6) is 2.30. The smallest absolute Gasteiger partial charge is 0.277 e. The Morgan fingerprint density at radius 2 is 1.89 bits per heavy atom. The van der Waals surface area contributed by atoms with Gasteiger partial charge in [-0.05, 0) is 30.2 Å². The highest BCUT2D eigenvalue weighted by Crippen LogP contribution is 2.25. The molecular weight excluding hydrogens is 364 g/mol. The van der Waals surface area contributed by atoms with Gasteiger partial charge in [0.2, 0.25) is 11.8 Å². The zero-order chi connectivity index (χ0) is 19.2. The van der Waals surface area contributed by atoms with Crippen molar-refractivity contribution in [1.29, 1.82) is 0 Å². The van der Waals surface area contributed by atoms with Gasteiger partial charge in [-0.25, -0.2) is 0 Å². The van der Waals surface area contributed by atoms with Crippen LogP contribution in [0.15, 0.2) is 33.9 Å². The highest BCUT2D eigenvalue weighted by molar-refractivity contribution is 7.99. The van der Waals surface area contributed by atoms with Crippen molar-refractivity contribution in [3.05, 3.63) is 24.3 Å². The van der Waals surface area contributed by atoms with Gasteiger partial charge in [-0.2, -0.15) is 0 Å². The number of thioether (sulfide) groups is 1. The van der Waals surface area contributed by atoms with E-state index in [1.807, 2.05) is 29.2 Å². The Hall–Kier alpha value is -2.06. The van der Waals surface area contributed by atoms with Crippen LogP contribution in [0.3, 0.4) is 0 Å². The molecule has 0 unspecified atom stereocenters. The van der Waals surface area contributed by atoms with E-state index in [0.717, 1.165) is 44.0 Å². The molecule has 1 aromatic carbocycles. The molecule has 1 amide bonds. The van der Waals surface area contributed by atoms with E-state index in [-0.39, 0.29) is 5.91 Å². The largest absolute Gasteiger partial charge is 0.497 e. The van der Waals surface area contributed by atoms with Gasteiger partial charge in [0.15, 0.2) is 0 Å². The number of carbonyl (C=O) groups excluding carboxylic acids is 1. The summed E-state index contributed by atoms with van der Waals surface area (Å²) < 4.78 is 10.8. The van der Waals surface area contributed by atoms with Crippen LogP contribution in [0.25, 0.3) is 11.5 Å². The Morgan fingerprint density at radius 1 is 1.19 bits per heavy atom. The van der Waals surface area contributed by atoms with E-state index in [0.29, 0.717) is 22.8 Å². The number of ether oxygens (including phenoxy) is 1. The van der Waals surface area contributed by atoms with Gasteiger partial charge in [0.25, 0.3) is 5.22 Å². The molecule has 146 valence electrons. The molecule has 0 N–H and O–H groups in total. The van der Waals surface area contributed by atoms with Gasteiger partial charge >= 0.3 is 0 Å². The van der Waals surface area contributed by atoms with Crippen LogP contribution in [0.5, 0.6) is 5.75 Å². The number of amides is 1. The van der Waals surface area contributed by atoms with Crippen molar-refractivity contribution in [3.63, 3.8) is 0 Å². The summed E-state index contributed by atoms with van der Waals surface area (Å²) in [6.45, 7) is 8.98. The second-order valence-corrected chi connectivity index (χ2v) is 7.89. The minimum absolute atomic E-state index is 0.119. The van der Waals surface area contributed by atoms with Gasteiger partial charge in [0.1, 0.15) is 5.75 Å². The number of rotatable bonds is 7. The lowest BCUT2D eigenvalue weighted by atomic mass is 10.2. The van der Waals surface area contributed by atoms with E-state index in [9.17, 15) is 4.79 Å². The lowest BCUT2D eigenvalue weighted by Crippen LogP contribution is -2.49. The summed E-state index contributed by atoms with van der Waals surface area (Å²) in [7, 11) is 1.62. The first kappa shape index (κ1) is 19.7. The lowest BCUT2D eigenvalue weighted by Gasteiger charge is -2.35.